The van der Waals surface area contributed by atoms with Crippen molar-refractivity contribution in [2.75, 3.05) is 36.0 Å². The van der Waals surface area contributed by atoms with Crippen LogP contribution in [0.15, 0.2) is 24.4 Å². The Morgan fingerprint density at radius 3 is 2.68 bits per heavy atom. The molecule has 1 fully saturated rings. The SMILES string of the molecule is [B]C1([B])CN(C(=O)c2ncc(N3CCC4(CC3)Cc3ccc(C)cc3C4N)nc2N)Cc2sc(N)nc21. The Balaban J connectivity index is 1.16. The number of hydrogen-bond donors (Lipinski definition) is 3. The third-order valence-electron chi connectivity index (χ3n) is 8.14. The first-order chi connectivity index (χ1) is 17.6. The highest BCUT2D eigenvalue weighted by Crippen LogP contribution is 2.51. The van der Waals surface area contributed by atoms with Crippen LogP contribution < -0.4 is 22.1 Å². The number of amides is 1. The number of hydrogen-bond acceptors (Lipinski definition) is 9. The van der Waals surface area contributed by atoms with Crippen LogP contribution in [0.3, 0.4) is 0 Å². The van der Waals surface area contributed by atoms with Gasteiger partial charge in [0.1, 0.15) is 5.82 Å². The van der Waals surface area contributed by atoms with E-state index in [1.54, 1.807) is 6.20 Å². The van der Waals surface area contributed by atoms with Crippen LogP contribution in [0.1, 0.15) is 56.6 Å². The minimum atomic E-state index is -1.30. The molecule has 2 aliphatic heterocycles. The first-order valence-corrected chi connectivity index (χ1v) is 13.2. The molecule has 4 radical (unpaired) electrons. The molecule has 37 heavy (non-hydrogen) atoms. The summed E-state index contributed by atoms with van der Waals surface area (Å²) < 4.78 is 0. The predicted octanol–water partition coefficient (Wildman–Crippen LogP) is 1.39. The largest absolute Gasteiger partial charge is 0.382 e. The number of aryl methyl sites for hydroxylation is 1. The van der Waals surface area contributed by atoms with Crippen molar-refractivity contribution >= 4 is 49.7 Å². The van der Waals surface area contributed by atoms with Gasteiger partial charge in [0.15, 0.2) is 16.6 Å². The Morgan fingerprint density at radius 2 is 1.95 bits per heavy atom. The maximum atomic E-state index is 13.3. The zero-order valence-electron chi connectivity index (χ0n) is 20.8. The van der Waals surface area contributed by atoms with Crippen molar-refractivity contribution < 1.29 is 4.79 Å². The van der Waals surface area contributed by atoms with Gasteiger partial charge in [0.25, 0.3) is 5.91 Å². The van der Waals surface area contributed by atoms with E-state index >= 15 is 0 Å². The van der Waals surface area contributed by atoms with Gasteiger partial charge in [-0.2, -0.15) is 0 Å². The average Bonchev–Trinajstić information content (AvgIpc) is 3.36. The highest BCUT2D eigenvalue weighted by atomic mass is 32.1. The molecule has 2 aromatic heterocycles. The van der Waals surface area contributed by atoms with E-state index in [4.69, 9.17) is 32.9 Å². The second-order valence-electron chi connectivity index (χ2n) is 10.7. The molecule has 186 valence electrons. The second kappa shape index (κ2) is 8.46. The molecule has 12 heteroatoms. The summed E-state index contributed by atoms with van der Waals surface area (Å²) in [5.41, 5.74) is 23.4. The number of fused-ring (bicyclic) bond motifs is 2. The van der Waals surface area contributed by atoms with Crippen molar-refractivity contribution in [3.8, 4) is 0 Å². The summed E-state index contributed by atoms with van der Waals surface area (Å²) in [6, 6.07) is 6.66. The van der Waals surface area contributed by atoms with E-state index in [2.05, 4.69) is 45.0 Å². The lowest BCUT2D eigenvalue weighted by molar-refractivity contribution is 0.0720. The zero-order chi connectivity index (χ0) is 26.1. The molecule has 1 aromatic carbocycles. The number of nitrogen functional groups attached to an aromatic ring is 2. The number of piperidine rings is 1. The quantitative estimate of drug-likeness (QED) is 0.440. The summed E-state index contributed by atoms with van der Waals surface area (Å²) in [6.45, 7) is 4.07. The topological polar surface area (TPSA) is 140 Å². The van der Waals surface area contributed by atoms with Crippen molar-refractivity contribution in [1.82, 2.24) is 19.9 Å². The summed E-state index contributed by atoms with van der Waals surface area (Å²) in [5, 5.41) is -0.938. The number of rotatable bonds is 2. The number of thiazole rings is 1. The van der Waals surface area contributed by atoms with Gasteiger partial charge in [0.05, 0.1) is 28.4 Å². The fourth-order valence-electron chi connectivity index (χ4n) is 6.12. The van der Waals surface area contributed by atoms with E-state index in [0.717, 1.165) is 37.2 Å². The second-order valence-corrected chi connectivity index (χ2v) is 11.8. The van der Waals surface area contributed by atoms with Crippen molar-refractivity contribution in [2.45, 2.75) is 44.0 Å². The number of carbonyl (C=O) groups excluding carboxylic acids is 1. The minimum Gasteiger partial charge on any atom is -0.382 e. The van der Waals surface area contributed by atoms with Gasteiger partial charge in [0, 0.05) is 36.2 Å². The Hall–Kier alpha value is -3.11. The fourth-order valence-corrected chi connectivity index (χ4v) is 7.06. The normalized spacial score (nSPS) is 21.6. The Bertz CT molecular complexity index is 1400. The van der Waals surface area contributed by atoms with Crippen molar-refractivity contribution in [3.63, 3.8) is 0 Å². The third-order valence-corrected chi connectivity index (χ3v) is 9.01. The lowest BCUT2D eigenvalue weighted by atomic mass is 9.51. The maximum absolute atomic E-state index is 13.3. The number of benzene rings is 1. The van der Waals surface area contributed by atoms with Gasteiger partial charge >= 0.3 is 0 Å². The monoisotopic (exact) mass is 510 g/mol. The third kappa shape index (κ3) is 3.97. The van der Waals surface area contributed by atoms with Crippen LogP contribution in [0, 0.1) is 12.3 Å². The standard InChI is InChI=1S/C25H28B2N8OS/c1-13-2-3-14-9-24(19(28)15(14)8-13)4-6-34(7-5-24)17-10-31-18(21(29)32-17)22(36)35-11-16-20(25(26,27)12-35)33-23(30)37-16/h2-3,8,10,19H,4-7,9,11-12,28H2,1H3,(H2,29,32)(H2,30,33). The van der Waals surface area contributed by atoms with Gasteiger partial charge in [-0.15, -0.1) is 11.3 Å². The van der Waals surface area contributed by atoms with E-state index in [-0.39, 0.29) is 35.4 Å². The first kappa shape index (κ1) is 24.2. The zero-order valence-corrected chi connectivity index (χ0v) is 21.6. The van der Waals surface area contributed by atoms with Crippen molar-refractivity contribution in [2.24, 2.45) is 11.1 Å². The van der Waals surface area contributed by atoms with Gasteiger partial charge in [-0.1, -0.05) is 23.8 Å². The molecule has 9 nitrogen and oxygen atoms in total. The van der Waals surface area contributed by atoms with Gasteiger partial charge in [-0.3, -0.25) is 4.79 Å². The van der Waals surface area contributed by atoms with Crippen LogP contribution >= 0.6 is 11.3 Å². The highest BCUT2D eigenvalue weighted by molar-refractivity contribution is 7.15. The lowest BCUT2D eigenvalue weighted by Crippen LogP contribution is -2.49. The molecular formula is C25H28B2N8OS. The molecule has 1 aliphatic carbocycles. The van der Waals surface area contributed by atoms with Gasteiger partial charge in [-0.25, -0.2) is 15.0 Å². The summed E-state index contributed by atoms with van der Waals surface area (Å²) in [5.74, 6) is 0.363. The van der Waals surface area contributed by atoms with Gasteiger partial charge in [-0.05, 0) is 47.9 Å². The number of aromatic nitrogens is 3. The van der Waals surface area contributed by atoms with Crippen LogP contribution in [0.2, 0.25) is 0 Å². The Kier molecular flexibility index (Phi) is 5.54. The molecule has 0 bridgehead atoms. The van der Waals surface area contributed by atoms with Crippen molar-refractivity contribution in [1.29, 1.82) is 0 Å². The maximum Gasteiger partial charge on any atom is 0.276 e. The van der Waals surface area contributed by atoms with Crippen LogP contribution in [0.4, 0.5) is 16.8 Å². The van der Waals surface area contributed by atoms with Crippen LogP contribution in [-0.2, 0) is 18.2 Å². The smallest absolute Gasteiger partial charge is 0.276 e. The predicted molar refractivity (Wildman–Crippen MR) is 147 cm³/mol. The highest BCUT2D eigenvalue weighted by Gasteiger charge is 2.46. The van der Waals surface area contributed by atoms with E-state index in [0.29, 0.717) is 23.2 Å². The lowest BCUT2D eigenvalue weighted by Gasteiger charge is -2.42. The summed E-state index contributed by atoms with van der Waals surface area (Å²) >= 11 is 1.27. The molecule has 1 amide bonds. The number of nitrogens with two attached hydrogens (primary N) is 3. The summed E-state index contributed by atoms with van der Waals surface area (Å²) in [6.07, 6.45) is 4.53. The molecule has 1 saturated heterocycles. The molecule has 6 rings (SSSR count). The minimum absolute atomic E-state index is 0.0388. The van der Waals surface area contributed by atoms with E-state index in [1.165, 1.54) is 32.9 Å². The first-order valence-electron chi connectivity index (χ1n) is 12.4. The van der Waals surface area contributed by atoms with Crippen molar-refractivity contribution in [3.05, 3.63) is 57.4 Å². The number of carbonyl (C=O) groups is 1. The number of anilines is 3. The number of nitrogens with zero attached hydrogens (tertiary/aromatic N) is 5. The molecule has 3 aliphatic rings. The molecule has 1 unspecified atom stereocenters. The average molecular weight is 510 g/mol. The molecule has 1 atom stereocenters. The molecule has 6 N–H and O–H groups in total. The Labute approximate surface area is 222 Å². The molecule has 1 spiro atoms. The van der Waals surface area contributed by atoms with E-state index < -0.39 is 5.21 Å². The molecule has 3 aromatic rings. The molecule has 4 heterocycles. The molecule has 0 saturated carbocycles. The molecular weight excluding hydrogens is 482 g/mol. The van der Waals surface area contributed by atoms with Gasteiger partial charge in [0.2, 0.25) is 0 Å². The van der Waals surface area contributed by atoms with Gasteiger partial charge < -0.3 is 27.0 Å². The van der Waals surface area contributed by atoms with Crippen LogP contribution in [-0.4, -0.2) is 61.1 Å². The van der Waals surface area contributed by atoms with E-state index in [1.807, 2.05) is 0 Å². The summed E-state index contributed by atoms with van der Waals surface area (Å²) in [4.78, 5) is 31.0. The fraction of sp³-hybridized carbons (Fsp3) is 0.440. The summed E-state index contributed by atoms with van der Waals surface area (Å²) in [7, 11) is 12.5. The Morgan fingerprint density at radius 1 is 1.19 bits per heavy atom. The van der Waals surface area contributed by atoms with Crippen LogP contribution in [0.25, 0.3) is 0 Å². The van der Waals surface area contributed by atoms with E-state index in [9.17, 15) is 4.79 Å². The van der Waals surface area contributed by atoms with Crippen LogP contribution in [0.5, 0.6) is 0 Å².